The van der Waals surface area contributed by atoms with E-state index in [0.29, 0.717) is 28.8 Å². The van der Waals surface area contributed by atoms with Gasteiger partial charge in [0.25, 0.3) is 0 Å². The van der Waals surface area contributed by atoms with Gasteiger partial charge in [0, 0.05) is 18.7 Å². The van der Waals surface area contributed by atoms with Gasteiger partial charge in [0.1, 0.15) is 6.29 Å². The maximum atomic E-state index is 15.6. The third kappa shape index (κ3) is 3.96. The third-order valence-corrected chi connectivity index (χ3v) is 5.61. The van der Waals surface area contributed by atoms with E-state index in [1.54, 1.807) is 6.07 Å². The number of nitrogens with zero attached hydrogens (tertiary/aromatic N) is 1. The first-order valence-corrected chi connectivity index (χ1v) is 10.0. The van der Waals surface area contributed by atoms with Gasteiger partial charge in [0.2, 0.25) is 6.79 Å². The Balaban J connectivity index is 1.66. The van der Waals surface area contributed by atoms with Gasteiger partial charge in [-0.1, -0.05) is 6.08 Å². The molecule has 0 saturated carbocycles. The van der Waals surface area contributed by atoms with E-state index in [4.69, 9.17) is 9.47 Å². The Morgan fingerprint density at radius 2 is 2.14 bits per heavy atom. The van der Waals surface area contributed by atoms with Crippen molar-refractivity contribution in [1.29, 1.82) is 0 Å². The van der Waals surface area contributed by atoms with Crippen LogP contribution < -0.4 is 30.7 Å². The van der Waals surface area contributed by atoms with E-state index in [1.165, 1.54) is 0 Å². The van der Waals surface area contributed by atoms with Crippen LogP contribution in [-0.4, -0.2) is 57.4 Å². The van der Waals surface area contributed by atoms with E-state index in [1.807, 2.05) is 7.05 Å². The highest BCUT2D eigenvalue weighted by Crippen LogP contribution is 2.45. The van der Waals surface area contributed by atoms with Gasteiger partial charge < -0.3 is 25.0 Å². The van der Waals surface area contributed by atoms with E-state index >= 15 is 4.39 Å². The van der Waals surface area contributed by atoms with Crippen LogP contribution in [0.25, 0.3) is 5.57 Å². The van der Waals surface area contributed by atoms with Crippen molar-refractivity contribution in [3.05, 3.63) is 23.5 Å². The Kier molecular flexibility index (Phi) is 5.73. The second kappa shape index (κ2) is 8.24. The molecule has 3 atom stereocenters. The highest BCUT2D eigenvalue weighted by molar-refractivity contribution is 5.78. The van der Waals surface area contributed by atoms with E-state index in [0.717, 1.165) is 37.9 Å². The summed E-state index contributed by atoms with van der Waals surface area (Å²) in [4.78, 5) is 2.24. The van der Waals surface area contributed by atoms with Crippen LogP contribution in [0.15, 0.2) is 12.1 Å². The zero-order valence-corrected chi connectivity index (χ0v) is 16.8. The smallest absolute Gasteiger partial charge is 0.231 e. The number of hydrogen-bond acceptors (Lipinski definition) is 7. The second-order valence-corrected chi connectivity index (χ2v) is 7.83. The first-order chi connectivity index (χ1) is 13.5. The van der Waals surface area contributed by atoms with Gasteiger partial charge in [0.05, 0.1) is 17.4 Å². The van der Waals surface area contributed by atoms with Crippen LogP contribution in [0.1, 0.15) is 31.7 Å². The van der Waals surface area contributed by atoms with Crippen molar-refractivity contribution in [3.8, 4) is 11.5 Å². The molecule has 0 bridgehead atoms. The summed E-state index contributed by atoms with van der Waals surface area (Å²) in [7, 11) is 4.00. The van der Waals surface area contributed by atoms with Crippen LogP contribution in [0.2, 0.25) is 0 Å². The Bertz CT molecular complexity index is 757. The van der Waals surface area contributed by atoms with Crippen molar-refractivity contribution in [2.24, 2.45) is 0 Å². The van der Waals surface area contributed by atoms with Crippen molar-refractivity contribution < 1.29 is 13.9 Å². The Morgan fingerprint density at radius 3 is 2.96 bits per heavy atom. The first-order valence-electron chi connectivity index (χ1n) is 10.0. The van der Waals surface area contributed by atoms with Crippen LogP contribution in [0.4, 0.5) is 10.1 Å². The standard InChI is InChI=1S/C20H30FN5O2/c1-12-9-16(22-2)25-20(23-12)24-14-10-15-19(28-11-27-15)17(18(14)21)13-5-4-7-26(3)8-6-13/h6,10,12,16,20,22-25H,4-5,7-9,11H2,1-3H3. The maximum Gasteiger partial charge on any atom is 0.231 e. The van der Waals surface area contributed by atoms with Crippen LogP contribution >= 0.6 is 0 Å². The van der Waals surface area contributed by atoms with Crippen LogP contribution in [0.3, 0.4) is 0 Å². The number of likely N-dealkylation sites (N-methyl/N-ethyl adjacent to an activating group) is 1. The molecule has 1 aromatic carbocycles. The minimum atomic E-state index is -0.289. The predicted molar refractivity (Wildman–Crippen MR) is 108 cm³/mol. The summed E-state index contributed by atoms with van der Waals surface area (Å²) >= 11 is 0. The molecule has 28 heavy (non-hydrogen) atoms. The molecule has 1 aromatic rings. The summed E-state index contributed by atoms with van der Waals surface area (Å²) in [5, 5.41) is 13.3. The molecule has 3 aliphatic heterocycles. The monoisotopic (exact) mass is 391 g/mol. The number of allylic oxidation sites excluding steroid dienone is 1. The van der Waals surface area contributed by atoms with Gasteiger partial charge in [-0.05, 0) is 52.4 Å². The molecule has 7 nitrogen and oxygen atoms in total. The van der Waals surface area contributed by atoms with Gasteiger partial charge in [-0.25, -0.2) is 4.39 Å². The molecule has 3 unspecified atom stereocenters. The lowest BCUT2D eigenvalue weighted by molar-refractivity contribution is 0.173. The first kappa shape index (κ1) is 19.4. The molecule has 0 aliphatic carbocycles. The van der Waals surface area contributed by atoms with Gasteiger partial charge >= 0.3 is 0 Å². The minimum absolute atomic E-state index is 0.122. The summed E-state index contributed by atoms with van der Waals surface area (Å²) in [6, 6.07) is 1.99. The molecular formula is C20H30FN5O2. The molecule has 0 radical (unpaired) electrons. The number of benzene rings is 1. The lowest BCUT2D eigenvalue weighted by Gasteiger charge is -2.37. The molecule has 3 heterocycles. The van der Waals surface area contributed by atoms with E-state index in [2.05, 4.69) is 46.2 Å². The zero-order valence-electron chi connectivity index (χ0n) is 16.8. The molecule has 0 aromatic heterocycles. The molecule has 1 fully saturated rings. The van der Waals surface area contributed by atoms with Gasteiger partial charge in [0.15, 0.2) is 17.3 Å². The van der Waals surface area contributed by atoms with Crippen molar-refractivity contribution in [3.63, 3.8) is 0 Å². The highest BCUT2D eigenvalue weighted by atomic mass is 19.1. The summed E-state index contributed by atoms with van der Waals surface area (Å²) in [6.45, 7) is 4.04. The van der Waals surface area contributed by atoms with Crippen molar-refractivity contribution >= 4 is 11.3 Å². The third-order valence-electron chi connectivity index (χ3n) is 5.61. The van der Waals surface area contributed by atoms with Crippen molar-refractivity contribution in [1.82, 2.24) is 20.9 Å². The fourth-order valence-corrected chi connectivity index (χ4v) is 4.10. The Labute approximate surface area is 165 Å². The van der Waals surface area contributed by atoms with Crippen molar-refractivity contribution in [2.75, 3.05) is 39.3 Å². The Morgan fingerprint density at radius 1 is 1.29 bits per heavy atom. The van der Waals surface area contributed by atoms with Crippen LogP contribution in [-0.2, 0) is 0 Å². The van der Waals surface area contributed by atoms with Crippen LogP contribution in [0, 0.1) is 5.82 Å². The lowest BCUT2D eigenvalue weighted by atomic mass is 9.98. The average molecular weight is 391 g/mol. The number of nitrogens with one attached hydrogen (secondary N) is 4. The number of halogens is 1. The molecule has 8 heteroatoms. The van der Waals surface area contributed by atoms with Gasteiger partial charge in [-0.15, -0.1) is 0 Å². The zero-order chi connectivity index (χ0) is 19.7. The average Bonchev–Trinajstić information content (AvgIpc) is 3.02. The number of fused-ring (bicyclic) bond motifs is 1. The second-order valence-electron chi connectivity index (χ2n) is 7.83. The summed E-state index contributed by atoms with van der Waals surface area (Å²) in [5.41, 5.74) is 1.92. The van der Waals surface area contributed by atoms with E-state index in [9.17, 15) is 0 Å². The predicted octanol–water partition coefficient (Wildman–Crippen LogP) is 1.88. The minimum Gasteiger partial charge on any atom is -0.453 e. The molecule has 3 aliphatic rings. The lowest BCUT2D eigenvalue weighted by Crippen LogP contribution is -2.63. The highest BCUT2D eigenvalue weighted by Gasteiger charge is 2.30. The molecule has 154 valence electrons. The molecular weight excluding hydrogens is 361 g/mol. The molecule has 4 N–H and O–H groups in total. The summed E-state index contributed by atoms with van der Waals surface area (Å²) in [6.07, 6.45) is 4.77. The molecule has 0 spiro atoms. The normalized spacial score (nSPS) is 28.0. The molecule has 1 saturated heterocycles. The largest absolute Gasteiger partial charge is 0.453 e. The molecule has 0 amide bonds. The quantitative estimate of drug-likeness (QED) is 0.625. The fourth-order valence-electron chi connectivity index (χ4n) is 4.10. The number of anilines is 1. The van der Waals surface area contributed by atoms with Gasteiger partial charge in [-0.2, -0.15) is 0 Å². The van der Waals surface area contributed by atoms with Crippen molar-refractivity contribution in [2.45, 2.75) is 44.7 Å². The summed E-state index contributed by atoms with van der Waals surface area (Å²) < 4.78 is 26.9. The summed E-state index contributed by atoms with van der Waals surface area (Å²) in [5.74, 6) is 0.819. The maximum absolute atomic E-state index is 15.6. The van der Waals surface area contributed by atoms with Crippen LogP contribution in [0.5, 0.6) is 11.5 Å². The van der Waals surface area contributed by atoms with E-state index in [-0.39, 0.29) is 25.1 Å². The van der Waals surface area contributed by atoms with E-state index < -0.39 is 0 Å². The fraction of sp³-hybridized carbons (Fsp3) is 0.600. The van der Waals surface area contributed by atoms with Gasteiger partial charge in [-0.3, -0.25) is 10.6 Å². The number of hydrogen-bond donors (Lipinski definition) is 4. The molecule has 4 rings (SSSR count). The number of rotatable bonds is 4. The number of ether oxygens (including phenoxy) is 2. The topological polar surface area (TPSA) is 69.8 Å². The Hall–Kier alpha value is -1.87. The SMILES string of the molecule is CNC1CC(C)NC(Nc2cc3c(c(C4=CCN(C)CCC4)c2F)OCO3)N1.